The Labute approximate surface area is 363 Å². The molecular formula is C35H55N7O20S. The highest BCUT2D eigenvalue weighted by atomic mass is 32.2. The number of hydrogen-bond acceptors (Lipinski definition) is 19. The first kappa shape index (κ1) is 52.6. The molecule has 15 atom stereocenters. The molecule has 3 saturated heterocycles. The number of aliphatic hydroxyl groups excluding tert-OH is 3. The molecule has 3 aliphatic rings. The average Bonchev–Trinajstić information content (AvgIpc) is 3.65. The van der Waals surface area contributed by atoms with Crippen LogP contribution in [0, 0.1) is 0 Å². The first-order valence-electron chi connectivity index (χ1n) is 19.5. The monoisotopic (exact) mass is 925 g/mol. The highest BCUT2D eigenvalue weighted by molar-refractivity contribution is 7.99. The molecule has 3 aliphatic heterocycles. The van der Waals surface area contributed by atoms with E-state index in [-0.39, 0.29) is 18.1 Å². The minimum Gasteiger partial charge on any atom is -0.480 e. The molecule has 356 valence electrons. The largest absolute Gasteiger partial charge is 0.480 e. The molecule has 6 amide bonds. The lowest BCUT2D eigenvalue weighted by Crippen LogP contribution is -2.68. The van der Waals surface area contributed by atoms with Gasteiger partial charge in [0.15, 0.2) is 12.6 Å². The predicted octanol–water partition coefficient (Wildman–Crippen LogP) is -6.97. The van der Waals surface area contributed by atoms with E-state index in [4.69, 9.17) is 39.6 Å². The van der Waals surface area contributed by atoms with Crippen LogP contribution in [0.3, 0.4) is 0 Å². The predicted molar refractivity (Wildman–Crippen MR) is 209 cm³/mol. The van der Waals surface area contributed by atoms with E-state index in [9.17, 15) is 63.6 Å². The number of fused-ring (bicyclic) bond motifs is 2. The molecule has 0 saturated carbocycles. The zero-order valence-electron chi connectivity index (χ0n) is 34.5. The van der Waals surface area contributed by atoms with E-state index >= 15 is 0 Å². The summed E-state index contributed by atoms with van der Waals surface area (Å²) in [6, 6.07) is -8.32. The van der Waals surface area contributed by atoms with Crippen molar-refractivity contribution in [3.63, 3.8) is 0 Å². The smallest absolute Gasteiger partial charge is 0.326 e. The Morgan fingerprint density at radius 1 is 0.794 bits per heavy atom. The van der Waals surface area contributed by atoms with Crippen molar-refractivity contribution in [2.75, 3.05) is 31.3 Å². The number of carboxylic acids is 3. The first-order chi connectivity index (χ1) is 29.5. The second-order valence-corrected chi connectivity index (χ2v) is 15.8. The second-order valence-electron chi connectivity index (χ2n) is 14.8. The number of amides is 6. The molecular weight excluding hydrogens is 870 g/mol. The number of nitrogens with two attached hydrogens (primary N) is 1. The van der Waals surface area contributed by atoms with E-state index in [1.165, 1.54) is 20.8 Å². The summed E-state index contributed by atoms with van der Waals surface area (Å²) in [5, 5.41) is 72.8. The van der Waals surface area contributed by atoms with Crippen molar-refractivity contribution in [3.8, 4) is 0 Å². The van der Waals surface area contributed by atoms with Crippen LogP contribution in [0.25, 0.3) is 0 Å². The van der Waals surface area contributed by atoms with Crippen molar-refractivity contribution in [1.82, 2.24) is 31.9 Å². The molecule has 2 bridgehead atoms. The number of carbonyl (C=O) groups is 9. The Morgan fingerprint density at radius 3 is 2.03 bits per heavy atom. The van der Waals surface area contributed by atoms with Crippen molar-refractivity contribution in [2.24, 2.45) is 5.73 Å². The molecule has 0 aromatic heterocycles. The van der Waals surface area contributed by atoms with Gasteiger partial charge in [-0.3, -0.25) is 38.4 Å². The summed E-state index contributed by atoms with van der Waals surface area (Å²) in [6.45, 7) is 3.15. The van der Waals surface area contributed by atoms with Crippen LogP contribution in [0.15, 0.2) is 0 Å². The number of nitrogens with one attached hydrogen (secondary N) is 6. The average molecular weight is 926 g/mol. The molecule has 28 heteroatoms. The molecule has 0 aliphatic carbocycles. The second kappa shape index (κ2) is 24.3. The van der Waals surface area contributed by atoms with Gasteiger partial charge in [0.1, 0.15) is 85.5 Å². The van der Waals surface area contributed by atoms with E-state index in [1.807, 2.05) is 0 Å². The number of thioether (sulfide) groups is 1. The van der Waals surface area contributed by atoms with Crippen LogP contribution in [0.1, 0.15) is 40.5 Å². The van der Waals surface area contributed by atoms with Crippen LogP contribution in [0.2, 0.25) is 0 Å². The zero-order valence-corrected chi connectivity index (χ0v) is 35.3. The zero-order chi connectivity index (χ0) is 47.3. The topological polar surface area (TPSA) is 419 Å². The lowest BCUT2D eigenvalue weighted by Gasteiger charge is -2.47. The molecule has 27 nitrogen and oxygen atoms in total. The fourth-order valence-corrected chi connectivity index (χ4v) is 7.47. The normalized spacial score (nSPS) is 28.8. The summed E-state index contributed by atoms with van der Waals surface area (Å²) in [7, 11) is 0. The summed E-state index contributed by atoms with van der Waals surface area (Å²) >= 11 is 0.876. The van der Waals surface area contributed by atoms with Crippen LogP contribution in [0.4, 0.5) is 0 Å². The van der Waals surface area contributed by atoms with Gasteiger partial charge in [0.05, 0.1) is 13.2 Å². The van der Waals surface area contributed by atoms with Gasteiger partial charge in [-0.15, -0.1) is 0 Å². The molecule has 0 radical (unpaired) electrons. The Kier molecular flexibility index (Phi) is 20.3. The van der Waals surface area contributed by atoms with Crippen molar-refractivity contribution in [1.29, 1.82) is 0 Å². The van der Waals surface area contributed by atoms with Gasteiger partial charge in [0, 0.05) is 31.8 Å². The van der Waals surface area contributed by atoms with Crippen LogP contribution >= 0.6 is 11.8 Å². The Bertz CT molecular complexity index is 1680. The maximum atomic E-state index is 13.5. The summed E-state index contributed by atoms with van der Waals surface area (Å²) in [5.41, 5.74) is 5.46. The third-order valence-electron chi connectivity index (χ3n) is 9.70. The Morgan fingerprint density at radius 2 is 1.44 bits per heavy atom. The number of hydrogen-bond donors (Lipinski definition) is 13. The quantitative estimate of drug-likeness (QED) is 0.0428. The summed E-state index contributed by atoms with van der Waals surface area (Å²) in [6.07, 6.45) is -13.4. The number of ether oxygens (including phenoxy) is 5. The maximum Gasteiger partial charge on any atom is 0.326 e. The van der Waals surface area contributed by atoms with Gasteiger partial charge in [0.2, 0.25) is 35.4 Å². The van der Waals surface area contributed by atoms with Crippen LogP contribution in [-0.4, -0.2) is 207 Å². The molecule has 14 N–H and O–H groups in total. The number of carboxylic acid groups (broad SMARTS) is 3. The van der Waals surface area contributed by atoms with Crippen molar-refractivity contribution >= 4 is 65.1 Å². The SMILES string of the molecule is CC(=O)NC1C(OC2C3COC(O3)C(NC(C)=O)C2OC(C)C(=O)NC(C)C(=O)NC(CCC(=O)NC(CSCC(N)C(=O)O)C(=O)NCC(=O)O)C(=O)O)OC(CO)C(O)C1O. The minimum atomic E-state index is -1.69. The molecule has 0 aromatic rings. The summed E-state index contributed by atoms with van der Waals surface area (Å²) in [5.74, 6) is -9.60. The third kappa shape index (κ3) is 15.5. The van der Waals surface area contributed by atoms with Crippen LogP contribution in [0.5, 0.6) is 0 Å². The van der Waals surface area contributed by atoms with Crippen LogP contribution in [-0.2, 0) is 66.8 Å². The fourth-order valence-electron chi connectivity index (χ4n) is 6.47. The number of aliphatic carboxylic acids is 3. The van der Waals surface area contributed by atoms with Gasteiger partial charge in [-0.1, -0.05) is 0 Å². The lowest BCUT2D eigenvalue weighted by atomic mass is 9.95. The lowest BCUT2D eigenvalue weighted by molar-refractivity contribution is -0.313. The summed E-state index contributed by atoms with van der Waals surface area (Å²) < 4.78 is 29.6. The van der Waals surface area contributed by atoms with Gasteiger partial charge in [-0.05, 0) is 20.3 Å². The molecule has 3 rings (SSSR count). The van der Waals surface area contributed by atoms with Gasteiger partial charge in [-0.2, -0.15) is 11.8 Å². The van der Waals surface area contributed by atoms with Crippen LogP contribution < -0.4 is 37.6 Å². The molecule has 3 heterocycles. The minimum absolute atomic E-state index is 0.118. The Hall–Kier alpha value is -4.78. The molecule has 3 fully saturated rings. The van der Waals surface area contributed by atoms with Gasteiger partial charge < -0.3 is 92.0 Å². The highest BCUT2D eigenvalue weighted by Gasteiger charge is 2.56. The first-order valence-corrected chi connectivity index (χ1v) is 20.6. The fraction of sp³-hybridized carbons (Fsp3) is 0.743. The Balaban J connectivity index is 1.68. The van der Waals surface area contributed by atoms with E-state index in [0.717, 1.165) is 18.7 Å². The number of aliphatic hydroxyl groups is 3. The molecule has 0 spiro atoms. The molecule has 15 unspecified atom stereocenters. The van der Waals surface area contributed by atoms with E-state index in [2.05, 4.69) is 31.9 Å². The third-order valence-corrected chi connectivity index (χ3v) is 10.9. The van der Waals surface area contributed by atoms with Gasteiger partial charge >= 0.3 is 17.9 Å². The van der Waals surface area contributed by atoms with Crippen molar-refractivity contribution < 1.29 is 97.5 Å². The van der Waals surface area contributed by atoms with E-state index < -0.39 is 171 Å². The van der Waals surface area contributed by atoms with E-state index in [1.54, 1.807) is 0 Å². The molecule has 63 heavy (non-hydrogen) atoms. The molecule has 0 aromatic carbocycles. The number of carbonyl (C=O) groups excluding carboxylic acids is 6. The van der Waals surface area contributed by atoms with Gasteiger partial charge in [-0.25, -0.2) is 4.79 Å². The highest BCUT2D eigenvalue weighted by Crippen LogP contribution is 2.35. The van der Waals surface area contributed by atoms with E-state index in [0.29, 0.717) is 0 Å². The van der Waals surface area contributed by atoms with Crippen molar-refractivity contribution in [3.05, 3.63) is 0 Å². The summed E-state index contributed by atoms with van der Waals surface area (Å²) in [4.78, 5) is 110. The standard InChI is InChI=1S/C35H55N7O20S/c1-12(29(51)42-17(33(56)57)5-6-21(46)41-18(31(53)37-7-22(47)48)11-63-10-16(36)32(54)55)38-30(52)13(2)59-28-24(40-15(4)45)34-58-9-20(61-34)27(28)62-35-23(39-14(3)44)26(50)25(49)19(8-43)60-35/h12-13,16-20,23-28,34-35,43,49-50H,5-11,36H2,1-4H3,(H,37,53)(H,38,52)(H,39,44)(H,40,45)(H,41,46)(H,42,51)(H,47,48)(H,54,55)(H,56,57). The van der Waals surface area contributed by atoms with Crippen molar-refractivity contribution in [2.45, 2.75) is 132 Å². The van der Waals surface area contributed by atoms with Gasteiger partial charge in [0.25, 0.3) is 0 Å². The number of rotatable bonds is 24. The maximum absolute atomic E-state index is 13.5.